The molecular formula is C15H16N2O3. The molecule has 20 heavy (non-hydrogen) atoms. The Bertz CT molecular complexity index is 626. The molecular weight excluding hydrogens is 256 g/mol. The minimum atomic E-state index is -0.399. The molecule has 0 fully saturated rings. The Morgan fingerprint density at radius 1 is 1.15 bits per heavy atom. The maximum atomic E-state index is 12.0. The van der Waals surface area contributed by atoms with Gasteiger partial charge in [-0.1, -0.05) is 30.3 Å². The molecule has 2 aromatic carbocycles. The fourth-order valence-electron chi connectivity index (χ4n) is 1.86. The van der Waals surface area contributed by atoms with Gasteiger partial charge in [-0.3, -0.25) is 4.79 Å². The highest BCUT2D eigenvalue weighted by Gasteiger charge is 2.12. The van der Waals surface area contributed by atoms with E-state index in [-0.39, 0.29) is 23.6 Å². The molecule has 0 radical (unpaired) electrons. The number of aliphatic hydroxyl groups is 1. The first-order valence-electron chi connectivity index (χ1n) is 6.16. The van der Waals surface area contributed by atoms with Crippen LogP contribution in [0.15, 0.2) is 42.5 Å². The molecule has 0 aromatic heterocycles. The van der Waals surface area contributed by atoms with E-state index >= 15 is 0 Å². The average Bonchev–Trinajstić information content (AvgIpc) is 2.48. The number of nitrogen functional groups attached to an aromatic ring is 1. The predicted octanol–water partition coefficient (Wildman–Crippen LogP) is 1.40. The number of aliphatic hydroxyl groups excluding tert-OH is 1. The smallest absolute Gasteiger partial charge is 0.255 e. The SMILES string of the molecule is Nc1cccc(C(=O)NCc2cccc(CO)c2)c1O. The number of hydrogen-bond acceptors (Lipinski definition) is 4. The van der Waals surface area contributed by atoms with Crippen molar-refractivity contribution in [1.82, 2.24) is 5.32 Å². The van der Waals surface area contributed by atoms with Gasteiger partial charge in [0.25, 0.3) is 5.91 Å². The number of para-hydroxylation sites is 1. The lowest BCUT2D eigenvalue weighted by Crippen LogP contribution is -2.23. The summed E-state index contributed by atoms with van der Waals surface area (Å²) in [4.78, 5) is 12.0. The van der Waals surface area contributed by atoms with Crippen LogP contribution in [0.5, 0.6) is 5.75 Å². The van der Waals surface area contributed by atoms with Gasteiger partial charge in [0.2, 0.25) is 0 Å². The molecule has 0 atom stereocenters. The molecule has 0 aliphatic heterocycles. The zero-order chi connectivity index (χ0) is 14.5. The highest BCUT2D eigenvalue weighted by molar-refractivity contribution is 5.98. The number of aromatic hydroxyl groups is 1. The zero-order valence-corrected chi connectivity index (χ0v) is 10.8. The van der Waals surface area contributed by atoms with Gasteiger partial charge in [0.1, 0.15) is 0 Å². The predicted molar refractivity (Wildman–Crippen MR) is 76.1 cm³/mol. The number of carbonyl (C=O) groups is 1. The lowest BCUT2D eigenvalue weighted by atomic mass is 10.1. The van der Waals surface area contributed by atoms with Gasteiger partial charge in [-0.25, -0.2) is 0 Å². The lowest BCUT2D eigenvalue weighted by Gasteiger charge is -2.09. The van der Waals surface area contributed by atoms with E-state index in [1.54, 1.807) is 18.2 Å². The van der Waals surface area contributed by atoms with Crippen molar-refractivity contribution in [2.75, 3.05) is 5.73 Å². The van der Waals surface area contributed by atoms with Gasteiger partial charge in [-0.15, -0.1) is 0 Å². The number of anilines is 1. The Balaban J connectivity index is 2.06. The second kappa shape index (κ2) is 6.08. The fraction of sp³-hybridized carbons (Fsp3) is 0.133. The van der Waals surface area contributed by atoms with Crippen molar-refractivity contribution in [1.29, 1.82) is 0 Å². The van der Waals surface area contributed by atoms with E-state index < -0.39 is 5.91 Å². The maximum Gasteiger partial charge on any atom is 0.255 e. The number of benzene rings is 2. The van der Waals surface area contributed by atoms with Crippen LogP contribution in [0.25, 0.3) is 0 Å². The molecule has 0 bridgehead atoms. The quantitative estimate of drug-likeness (QED) is 0.499. The third-order valence-corrected chi connectivity index (χ3v) is 2.94. The van der Waals surface area contributed by atoms with Crippen LogP contribution in [-0.4, -0.2) is 16.1 Å². The maximum absolute atomic E-state index is 12.0. The molecule has 1 amide bonds. The largest absolute Gasteiger partial charge is 0.505 e. The van der Waals surface area contributed by atoms with Gasteiger partial charge in [0.15, 0.2) is 5.75 Å². The molecule has 5 nitrogen and oxygen atoms in total. The van der Waals surface area contributed by atoms with Crippen LogP contribution < -0.4 is 11.1 Å². The van der Waals surface area contributed by atoms with Crippen molar-refractivity contribution in [2.24, 2.45) is 0 Å². The number of carbonyl (C=O) groups excluding carboxylic acids is 1. The van der Waals surface area contributed by atoms with Crippen molar-refractivity contribution < 1.29 is 15.0 Å². The number of amides is 1. The molecule has 2 rings (SSSR count). The molecule has 5 N–H and O–H groups in total. The number of phenols is 1. The lowest BCUT2D eigenvalue weighted by molar-refractivity contribution is 0.0948. The first kappa shape index (κ1) is 13.9. The summed E-state index contributed by atoms with van der Waals surface area (Å²) in [7, 11) is 0. The van der Waals surface area contributed by atoms with Crippen LogP contribution in [0, 0.1) is 0 Å². The fourth-order valence-corrected chi connectivity index (χ4v) is 1.86. The minimum Gasteiger partial charge on any atom is -0.505 e. The molecule has 0 unspecified atom stereocenters. The number of rotatable bonds is 4. The molecule has 0 aliphatic rings. The third kappa shape index (κ3) is 3.07. The minimum absolute atomic E-state index is 0.0439. The van der Waals surface area contributed by atoms with Crippen LogP contribution in [0.3, 0.4) is 0 Å². The molecule has 2 aromatic rings. The summed E-state index contributed by atoms with van der Waals surface area (Å²) in [5, 5.41) is 21.5. The average molecular weight is 272 g/mol. The molecule has 104 valence electrons. The van der Waals surface area contributed by atoms with E-state index in [2.05, 4.69) is 5.32 Å². The van der Waals surface area contributed by atoms with Crippen molar-refractivity contribution in [3.05, 3.63) is 59.2 Å². The number of nitrogens with one attached hydrogen (secondary N) is 1. The molecule has 0 aliphatic carbocycles. The van der Waals surface area contributed by atoms with Gasteiger partial charge in [-0.2, -0.15) is 0 Å². The van der Waals surface area contributed by atoms with Crippen LogP contribution in [0.2, 0.25) is 0 Å². The van der Waals surface area contributed by atoms with Gasteiger partial charge in [0, 0.05) is 6.54 Å². The van der Waals surface area contributed by atoms with Gasteiger partial charge < -0.3 is 21.3 Å². The van der Waals surface area contributed by atoms with E-state index in [0.717, 1.165) is 11.1 Å². The first-order chi connectivity index (χ1) is 9.61. The van der Waals surface area contributed by atoms with Crippen LogP contribution in [-0.2, 0) is 13.2 Å². The van der Waals surface area contributed by atoms with E-state index in [4.69, 9.17) is 10.8 Å². The number of nitrogens with two attached hydrogens (primary N) is 1. The Morgan fingerprint density at radius 3 is 2.60 bits per heavy atom. The summed E-state index contributed by atoms with van der Waals surface area (Å²) in [6.45, 7) is 0.263. The highest BCUT2D eigenvalue weighted by atomic mass is 16.3. The second-order valence-corrected chi connectivity index (χ2v) is 4.40. The van der Waals surface area contributed by atoms with Gasteiger partial charge >= 0.3 is 0 Å². The summed E-state index contributed by atoms with van der Waals surface area (Å²) >= 11 is 0. The Labute approximate surface area is 116 Å². The van der Waals surface area contributed by atoms with Crippen LogP contribution in [0.1, 0.15) is 21.5 Å². The van der Waals surface area contributed by atoms with Crippen molar-refractivity contribution in [3.8, 4) is 5.75 Å². The van der Waals surface area contributed by atoms with E-state index in [9.17, 15) is 9.90 Å². The topological polar surface area (TPSA) is 95.6 Å². The van der Waals surface area contributed by atoms with E-state index in [0.29, 0.717) is 6.54 Å². The number of hydrogen-bond donors (Lipinski definition) is 4. The summed E-state index contributed by atoms with van der Waals surface area (Å²) < 4.78 is 0. The normalized spacial score (nSPS) is 10.2. The first-order valence-corrected chi connectivity index (χ1v) is 6.16. The van der Waals surface area contributed by atoms with Gasteiger partial charge in [-0.05, 0) is 23.3 Å². The summed E-state index contributed by atoms with van der Waals surface area (Å²) in [6, 6.07) is 11.9. The van der Waals surface area contributed by atoms with Crippen molar-refractivity contribution in [3.63, 3.8) is 0 Å². The third-order valence-electron chi connectivity index (χ3n) is 2.94. The molecule has 5 heteroatoms. The summed E-state index contributed by atoms with van der Waals surface area (Å²) in [5.41, 5.74) is 7.50. The van der Waals surface area contributed by atoms with Crippen LogP contribution >= 0.6 is 0 Å². The molecule has 0 saturated heterocycles. The number of phenolic OH excluding ortho intramolecular Hbond substituents is 1. The van der Waals surface area contributed by atoms with E-state index in [1.807, 2.05) is 12.1 Å². The Morgan fingerprint density at radius 2 is 1.85 bits per heavy atom. The Kier molecular flexibility index (Phi) is 4.22. The monoisotopic (exact) mass is 272 g/mol. The zero-order valence-electron chi connectivity index (χ0n) is 10.8. The second-order valence-electron chi connectivity index (χ2n) is 4.40. The molecule has 0 saturated carbocycles. The van der Waals surface area contributed by atoms with Crippen molar-refractivity contribution in [2.45, 2.75) is 13.2 Å². The Hall–Kier alpha value is -2.53. The van der Waals surface area contributed by atoms with Crippen molar-refractivity contribution >= 4 is 11.6 Å². The summed E-state index contributed by atoms with van der Waals surface area (Å²) in [6.07, 6.45) is 0. The standard InChI is InChI=1S/C15H16N2O3/c16-13-6-2-5-12(14(13)19)15(20)17-8-10-3-1-4-11(7-10)9-18/h1-7,18-19H,8-9,16H2,(H,17,20). The summed E-state index contributed by atoms with van der Waals surface area (Å²) in [5.74, 6) is -0.613. The highest BCUT2D eigenvalue weighted by Crippen LogP contribution is 2.24. The molecule has 0 heterocycles. The van der Waals surface area contributed by atoms with Crippen LogP contribution in [0.4, 0.5) is 5.69 Å². The van der Waals surface area contributed by atoms with E-state index in [1.165, 1.54) is 12.1 Å². The van der Waals surface area contributed by atoms with Gasteiger partial charge in [0.05, 0.1) is 17.9 Å². The molecule has 0 spiro atoms.